The Morgan fingerprint density at radius 3 is 2.43 bits per heavy atom. The second-order valence-corrected chi connectivity index (χ2v) is 6.99. The number of β-amino-alcohol motifs (C(OH)–C–C–N with tert-alkyl or cyclic N) is 1. The molecule has 21 heavy (non-hydrogen) atoms. The van der Waals surface area contributed by atoms with Crippen molar-refractivity contribution in [1.29, 1.82) is 0 Å². The minimum Gasteiger partial charge on any atom is -0.444 e. The lowest BCUT2D eigenvalue weighted by Gasteiger charge is -2.32. The second kappa shape index (κ2) is 6.22. The van der Waals surface area contributed by atoms with Crippen molar-refractivity contribution in [2.24, 2.45) is 5.92 Å². The highest BCUT2D eigenvalue weighted by Crippen LogP contribution is 2.23. The molecule has 0 aromatic rings. The summed E-state index contributed by atoms with van der Waals surface area (Å²) >= 11 is 0. The van der Waals surface area contributed by atoms with E-state index in [1.165, 1.54) is 0 Å². The van der Waals surface area contributed by atoms with Crippen molar-refractivity contribution in [2.45, 2.75) is 51.7 Å². The molecule has 6 nitrogen and oxygen atoms in total. The molecule has 2 unspecified atom stereocenters. The van der Waals surface area contributed by atoms with E-state index in [1.807, 2.05) is 20.8 Å². The molecule has 0 aliphatic carbocycles. The highest BCUT2D eigenvalue weighted by atomic mass is 16.6. The number of carbonyl (C=O) groups is 2. The van der Waals surface area contributed by atoms with Crippen molar-refractivity contribution in [3.8, 4) is 0 Å². The van der Waals surface area contributed by atoms with E-state index >= 15 is 0 Å². The van der Waals surface area contributed by atoms with Crippen LogP contribution in [0, 0.1) is 5.92 Å². The Kier molecular flexibility index (Phi) is 4.76. The third-order valence-electron chi connectivity index (χ3n) is 3.90. The third kappa shape index (κ3) is 4.33. The van der Waals surface area contributed by atoms with Gasteiger partial charge in [-0.2, -0.15) is 0 Å². The Balaban J connectivity index is 1.87. The molecule has 2 aliphatic heterocycles. The molecule has 2 saturated heterocycles. The smallest absolute Gasteiger partial charge is 0.410 e. The van der Waals surface area contributed by atoms with Gasteiger partial charge in [0.1, 0.15) is 5.60 Å². The van der Waals surface area contributed by atoms with Gasteiger partial charge < -0.3 is 19.6 Å². The van der Waals surface area contributed by atoms with Gasteiger partial charge in [-0.25, -0.2) is 4.79 Å². The number of aliphatic hydroxyl groups is 1. The number of carbonyl (C=O) groups excluding carboxylic acids is 2. The molecule has 2 atom stereocenters. The molecule has 2 rings (SSSR count). The van der Waals surface area contributed by atoms with Gasteiger partial charge in [-0.05, 0) is 40.0 Å². The predicted octanol–water partition coefficient (Wildman–Crippen LogP) is 1.23. The molecule has 2 heterocycles. The highest BCUT2D eigenvalue weighted by molar-refractivity contribution is 5.81. The lowest BCUT2D eigenvalue weighted by Crippen LogP contribution is -2.45. The van der Waals surface area contributed by atoms with Crippen molar-refractivity contribution >= 4 is 12.0 Å². The molecule has 0 aromatic heterocycles. The van der Waals surface area contributed by atoms with E-state index in [4.69, 9.17) is 4.74 Å². The molecule has 0 aromatic carbocycles. The number of ether oxygens (including phenoxy) is 1. The summed E-state index contributed by atoms with van der Waals surface area (Å²) in [5.74, 6) is -0.109. The molecule has 120 valence electrons. The first-order chi connectivity index (χ1) is 9.76. The summed E-state index contributed by atoms with van der Waals surface area (Å²) in [5, 5.41) is 9.66. The van der Waals surface area contributed by atoms with Crippen molar-refractivity contribution in [2.75, 3.05) is 26.2 Å². The van der Waals surface area contributed by atoms with Gasteiger partial charge in [0.15, 0.2) is 0 Å². The van der Waals surface area contributed by atoms with Gasteiger partial charge >= 0.3 is 6.09 Å². The molecule has 6 heteroatoms. The molecule has 0 bridgehead atoms. The van der Waals surface area contributed by atoms with Gasteiger partial charge in [0.2, 0.25) is 5.91 Å². The number of hydrogen-bond donors (Lipinski definition) is 1. The summed E-state index contributed by atoms with van der Waals surface area (Å²) in [6.07, 6.45) is 1.51. The number of hydrogen-bond acceptors (Lipinski definition) is 4. The Morgan fingerprint density at radius 1 is 1.10 bits per heavy atom. The van der Waals surface area contributed by atoms with E-state index in [0.29, 0.717) is 32.6 Å². The lowest BCUT2D eigenvalue weighted by molar-refractivity contribution is -0.138. The van der Waals surface area contributed by atoms with Gasteiger partial charge in [-0.1, -0.05) is 0 Å². The number of nitrogens with zero attached hydrogens (tertiary/aromatic N) is 2. The summed E-state index contributed by atoms with van der Waals surface area (Å²) < 4.78 is 5.33. The van der Waals surface area contributed by atoms with Crippen molar-refractivity contribution in [3.63, 3.8) is 0 Å². The third-order valence-corrected chi connectivity index (χ3v) is 3.90. The average Bonchev–Trinajstić information content (AvgIpc) is 2.85. The lowest BCUT2D eigenvalue weighted by atomic mass is 10.0. The van der Waals surface area contributed by atoms with Crippen LogP contribution in [0.25, 0.3) is 0 Å². The van der Waals surface area contributed by atoms with E-state index < -0.39 is 11.7 Å². The van der Waals surface area contributed by atoms with E-state index in [-0.39, 0.29) is 17.9 Å². The van der Waals surface area contributed by atoms with Crippen molar-refractivity contribution in [3.05, 3.63) is 0 Å². The summed E-state index contributed by atoms with van der Waals surface area (Å²) in [4.78, 5) is 27.8. The first kappa shape index (κ1) is 16.1. The molecule has 2 aliphatic rings. The van der Waals surface area contributed by atoms with Crippen LogP contribution in [0.1, 0.15) is 40.0 Å². The van der Waals surface area contributed by atoms with Crippen LogP contribution in [0.15, 0.2) is 0 Å². The molecule has 2 amide bonds. The molecule has 0 saturated carbocycles. The minimum atomic E-state index is -0.518. The topological polar surface area (TPSA) is 70.1 Å². The average molecular weight is 298 g/mol. The first-order valence-corrected chi connectivity index (χ1v) is 7.71. The van der Waals surface area contributed by atoms with Gasteiger partial charge in [0, 0.05) is 26.2 Å². The van der Waals surface area contributed by atoms with Gasteiger partial charge in [-0.3, -0.25) is 4.79 Å². The maximum Gasteiger partial charge on any atom is 0.410 e. The Morgan fingerprint density at radius 2 is 1.81 bits per heavy atom. The van der Waals surface area contributed by atoms with Crippen LogP contribution in [-0.2, 0) is 9.53 Å². The molecule has 0 spiro atoms. The minimum absolute atomic E-state index is 0.0554. The number of piperidine rings is 1. The van der Waals surface area contributed by atoms with Crippen LogP contribution in [0.4, 0.5) is 4.79 Å². The monoisotopic (exact) mass is 298 g/mol. The number of amides is 2. The van der Waals surface area contributed by atoms with Crippen molar-refractivity contribution < 1.29 is 19.4 Å². The summed E-state index contributed by atoms with van der Waals surface area (Å²) in [7, 11) is 0. The largest absolute Gasteiger partial charge is 0.444 e. The fourth-order valence-electron chi connectivity index (χ4n) is 2.87. The SMILES string of the molecule is CC(C)(C)OC(=O)N1CCC(C(=O)N2CCCC(O)C2)C1. The molecular weight excluding hydrogens is 272 g/mol. The Bertz CT molecular complexity index is 405. The zero-order chi connectivity index (χ0) is 15.6. The van der Waals surface area contributed by atoms with Crippen LogP contribution in [0.3, 0.4) is 0 Å². The fraction of sp³-hybridized carbons (Fsp3) is 0.867. The summed E-state index contributed by atoms with van der Waals surface area (Å²) in [5.41, 5.74) is -0.518. The van der Waals surface area contributed by atoms with Gasteiger partial charge in [0.25, 0.3) is 0 Å². The summed E-state index contributed by atoms with van der Waals surface area (Å²) in [6.45, 7) is 7.60. The zero-order valence-corrected chi connectivity index (χ0v) is 13.2. The fourth-order valence-corrected chi connectivity index (χ4v) is 2.87. The number of rotatable bonds is 1. The quantitative estimate of drug-likeness (QED) is 0.790. The summed E-state index contributed by atoms with van der Waals surface area (Å²) in [6, 6.07) is 0. The first-order valence-electron chi connectivity index (χ1n) is 7.71. The molecular formula is C15H26N2O4. The van der Waals surface area contributed by atoms with E-state index in [9.17, 15) is 14.7 Å². The van der Waals surface area contributed by atoms with Gasteiger partial charge in [0.05, 0.1) is 12.0 Å². The normalized spacial score (nSPS) is 26.9. The number of aliphatic hydroxyl groups excluding tert-OH is 1. The van der Waals surface area contributed by atoms with E-state index in [2.05, 4.69) is 0 Å². The van der Waals surface area contributed by atoms with Crippen LogP contribution < -0.4 is 0 Å². The zero-order valence-electron chi connectivity index (χ0n) is 13.2. The molecule has 2 fully saturated rings. The van der Waals surface area contributed by atoms with Crippen LogP contribution in [-0.4, -0.2) is 64.8 Å². The van der Waals surface area contributed by atoms with Crippen LogP contribution in [0.2, 0.25) is 0 Å². The molecule has 1 N–H and O–H groups in total. The van der Waals surface area contributed by atoms with E-state index in [1.54, 1.807) is 9.80 Å². The Labute approximate surface area is 126 Å². The number of likely N-dealkylation sites (tertiary alicyclic amines) is 2. The maximum atomic E-state index is 12.4. The highest BCUT2D eigenvalue weighted by Gasteiger charge is 2.36. The van der Waals surface area contributed by atoms with E-state index in [0.717, 1.165) is 12.8 Å². The predicted molar refractivity (Wildman–Crippen MR) is 77.7 cm³/mol. The van der Waals surface area contributed by atoms with Gasteiger partial charge in [-0.15, -0.1) is 0 Å². The van der Waals surface area contributed by atoms with Crippen molar-refractivity contribution in [1.82, 2.24) is 9.80 Å². The maximum absolute atomic E-state index is 12.4. The molecule has 0 radical (unpaired) electrons. The Hall–Kier alpha value is -1.30. The van der Waals surface area contributed by atoms with Crippen LogP contribution >= 0.6 is 0 Å². The van der Waals surface area contributed by atoms with Crippen LogP contribution in [0.5, 0.6) is 0 Å². The standard InChI is InChI=1S/C15H26N2O4/c1-15(2,3)21-14(20)17-8-6-11(9-17)13(19)16-7-4-5-12(18)10-16/h11-12,18H,4-10H2,1-3H3. The second-order valence-electron chi connectivity index (χ2n) is 6.99.